The summed E-state index contributed by atoms with van der Waals surface area (Å²) in [6.45, 7) is 6.62. The second kappa shape index (κ2) is 30.1. The lowest BCUT2D eigenvalue weighted by Crippen LogP contribution is -2.10. The molecule has 16 nitrogen and oxygen atoms in total. The monoisotopic (exact) mass is 1090 g/mol. The summed E-state index contributed by atoms with van der Waals surface area (Å²) in [6.07, 6.45) is 8.23. The van der Waals surface area contributed by atoms with Gasteiger partial charge in [-0.05, 0) is 72.8 Å². The summed E-state index contributed by atoms with van der Waals surface area (Å²) >= 11 is 0. The van der Waals surface area contributed by atoms with Gasteiger partial charge in [-0.15, -0.1) is 0 Å². The van der Waals surface area contributed by atoms with E-state index in [1.807, 2.05) is 72.8 Å². The van der Waals surface area contributed by atoms with Crippen LogP contribution in [0, 0.1) is 0 Å². The number of rotatable bonds is 32. The van der Waals surface area contributed by atoms with Crippen LogP contribution in [0.1, 0.15) is 22.8 Å². The van der Waals surface area contributed by atoms with E-state index in [0.29, 0.717) is 151 Å². The first kappa shape index (κ1) is 57.1. The lowest BCUT2D eigenvalue weighted by atomic mass is 10.0. The Hall–Kier alpha value is -7.64. The van der Waals surface area contributed by atoms with Gasteiger partial charge in [0.2, 0.25) is 0 Å². The molecule has 5 heterocycles. The van der Waals surface area contributed by atoms with Crippen LogP contribution in [0.5, 0.6) is 23.0 Å². The van der Waals surface area contributed by atoms with E-state index in [-0.39, 0.29) is 0 Å². The number of nitrogens with zero attached hydrogens (tertiary/aromatic N) is 2. The molecular weight excluding hydrogens is 1020 g/mol. The van der Waals surface area contributed by atoms with Crippen molar-refractivity contribution in [2.24, 2.45) is 0 Å². The van der Waals surface area contributed by atoms with E-state index in [2.05, 4.69) is 82.8 Å². The van der Waals surface area contributed by atoms with Gasteiger partial charge in [-0.1, -0.05) is 72.8 Å². The van der Waals surface area contributed by atoms with Gasteiger partial charge in [-0.2, -0.15) is 0 Å². The van der Waals surface area contributed by atoms with Gasteiger partial charge in [-0.25, -0.2) is 9.97 Å². The van der Waals surface area contributed by atoms with E-state index >= 15 is 0 Å². The summed E-state index contributed by atoms with van der Waals surface area (Å²) in [4.78, 5) is 18.9. The standard InChI is InChI=1S/C64H70N4O12/c1-69-29-33-73-37-41-77-57-17-9-5-13-45(57)61-49-21-23-51(65-49)62(46-14-6-10-18-58(46)78-42-38-74-34-30-70-2)53-25-27-55(67-53)64(48-16-8-12-20-60(48)80-44-40-76-36-32-72-4)56-28-26-54(68-56)63(52-24-22-50(61)66-52)47-15-7-11-19-59(47)79-43-39-75-35-31-71-3/h5-28,65,68H,29-44H2,1-4H3. The highest BCUT2D eigenvalue weighted by molar-refractivity contribution is 6.01. The molecule has 0 amide bonds. The molecule has 0 fully saturated rings. The Bertz CT molecular complexity index is 2920. The normalized spacial score (nSPS) is 11.8. The van der Waals surface area contributed by atoms with Crippen LogP contribution in [-0.4, -0.2) is 154 Å². The van der Waals surface area contributed by atoms with Crippen LogP contribution in [0.3, 0.4) is 0 Å². The van der Waals surface area contributed by atoms with Gasteiger partial charge >= 0.3 is 0 Å². The van der Waals surface area contributed by atoms with Crippen molar-refractivity contribution in [1.29, 1.82) is 0 Å². The molecule has 7 aromatic rings. The second-order valence-electron chi connectivity index (χ2n) is 18.3. The molecule has 0 saturated heterocycles. The van der Waals surface area contributed by atoms with Gasteiger partial charge in [0.15, 0.2) is 0 Å². The smallest absolute Gasteiger partial charge is 0.127 e. The number of hydrogen-bond donors (Lipinski definition) is 2. The molecule has 80 heavy (non-hydrogen) atoms. The van der Waals surface area contributed by atoms with Gasteiger partial charge in [0.1, 0.15) is 49.4 Å². The fourth-order valence-corrected chi connectivity index (χ4v) is 9.35. The fourth-order valence-electron chi connectivity index (χ4n) is 9.35. The van der Waals surface area contributed by atoms with Crippen molar-refractivity contribution in [2.75, 3.05) is 134 Å². The third kappa shape index (κ3) is 14.6. The highest BCUT2D eigenvalue weighted by Crippen LogP contribution is 2.44. The average molecular weight is 1090 g/mol. The zero-order valence-corrected chi connectivity index (χ0v) is 46.0. The van der Waals surface area contributed by atoms with E-state index in [1.54, 1.807) is 28.4 Å². The Balaban J connectivity index is 1.31. The second-order valence-corrected chi connectivity index (χ2v) is 18.3. The van der Waals surface area contributed by atoms with Crippen molar-refractivity contribution in [3.05, 3.63) is 144 Å². The van der Waals surface area contributed by atoms with Crippen LogP contribution in [0.25, 0.3) is 90.9 Å². The summed E-state index contributed by atoms with van der Waals surface area (Å²) in [5.74, 6) is 2.67. The van der Waals surface area contributed by atoms with Crippen LogP contribution in [-0.2, 0) is 37.9 Å². The summed E-state index contributed by atoms with van der Waals surface area (Å²) in [7, 11) is 6.62. The van der Waals surface area contributed by atoms with Crippen LogP contribution >= 0.6 is 0 Å². The van der Waals surface area contributed by atoms with Crippen LogP contribution in [0.15, 0.2) is 121 Å². The average Bonchev–Trinajstić information content (AvgIpc) is 4.40. The predicted molar refractivity (Wildman–Crippen MR) is 313 cm³/mol. The number of fused-ring (bicyclic) bond motifs is 8. The maximum Gasteiger partial charge on any atom is 0.127 e. The highest BCUT2D eigenvalue weighted by atomic mass is 16.6. The third-order valence-electron chi connectivity index (χ3n) is 13.0. The third-order valence-corrected chi connectivity index (χ3v) is 13.0. The Morgan fingerprint density at radius 1 is 0.275 bits per heavy atom. The number of hydrogen-bond acceptors (Lipinski definition) is 14. The summed E-state index contributed by atoms with van der Waals surface area (Å²) < 4.78 is 70.3. The molecule has 0 unspecified atom stereocenters. The first-order chi connectivity index (χ1) is 39.6. The van der Waals surface area contributed by atoms with Crippen LogP contribution in [0.2, 0.25) is 0 Å². The van der Waals surface area contributed by atoms with Gasteiger partial charge in [0, 0.05) is 95.0 Å². The van der Waals surface area contributed by atoms with Crippen molar-refractivity contribution in [2.45, 2.75) is 0 Å². The highest BCUT2D eigenvalue weighted by Gasteiger charge is 2.23. The SMILES string of the molecule is COCCOCCOc1ccccc1-c1c2nc(c(-c3ccccc3OCCOCCOC)c3ccc([nH]3)c(-c3ccccc3OCCOCCOC)c3nc(c(-c4ccccc4OCCOCCOC)c4ccc1[nH]4)C=C3)C=C2. The Morgan fingerprint density at radius 3 is 0.738 bits per heavy atom. The van der Waals surface area contributed by atoms with Gasteiger partial charge < -0.3 is 66.8 Å². The molecule has 0 atom stereocenters. The number of aromatic amines is 2. The first-order valence-corrected chi connectivity index (χ1v) is 26.9. The fraction of sp³-hybridized carbons (Fsp3) is 0.312. The molecule has 4 aromatic carbocycles. The zero-order valence-electron chi connectivity index (χ0n) is 46.0. The molecular formula is C64H70N4O12. The molecule has 0 radical (unpaired) electrons. The molecule has 0 spiro atoms. The lowest BCUT2D eigenvalue weighted by Gasteiger charge is -2.14. The minimum absolute atomic E-state index is 0.320. The van der Waals surface area contributed by atoms with Crippen molar-refractivity contribution < 1.29 is 56.8 Å². The molecule has 2 aliphatic rings. The molecule has 8 bridgehead atoms. The molecule has 418 valence electrons. The summed E-state index contributed by atoms with van der Waals surface area (Å²) in [6, 6.07) is 40.4. The van der Waals surface area contributed by atoms with Crippen LogP contribution < -0.4 is 18.9 Å². The minimum atomic E-state index is 0.320. The van der Waals surface area contributed by atoms with Crippen LogP contribution in [0.4, 0.5) is 0 Å². The number of para-hydroxylation sites is 4. The Labute approximate surface area is 467 Å². The van der Waals surface area contributed by atoms with Crippen molar-refractivity contribution in [3.8, 4) is 67.5 Å². The van der Waals surface area contributed by atoms with Crippen molar-refractivity contribution >= 4 is 46.4 Å². The summed E-state index contributed by atoms with van der Waals surface area (Å²) in [5.41, 5.74) is 12.6. The molecule has 9 rings (SSSR count). The van der Waals surface area contributed by atoms with Crippen molar-refractivity contribution in [1.82, 2.24) is 19.9 Å². The maximum atomic E-state index is 6.55. The number of benzene rings is 4. The van der Waals surface area contributed by atoms with E-state index in [9.17, 15) is 0 Å². The van der Waals surface area contributed by atoms with E-state index < -0.39 is 0 Å². The van der Waals surface area contributed by atoms with E-state index in [0.717, 1.165) is 66.6 Å². The Morgan fingerprint density at radius 2 is 0.500 bits per heavy atom. The minimum Gasteiger partial charge on any atom is -0.491 e. The number of aromatic nitrogens is 4. The summed E-state index contributed by atoms with van der Waals surface area (Å²) in [5, 5.41) is 0. The molecule has 16 heteroatoms. The number of ether oxygens (including phenoxy) is 12. The molecule has 3 aromatic heterocycles. The first-order valence-electron chi connectivity index (χ1n) is 26.9. The molecule has 0 saturated carbocycles. The quantitative estimate of drug-likeness (QED) is 0.0382. The zero-order chi connectivity index (χ0) is 55.1. The lowest BCUT2D eigenvalue weighted by molar-refractivity contribution is 0.0545. The van der Waals surface area contributed by atoms with E-state index in [4.69, 9.17) is 66.8 Å². The predicted octanol–water partition coefficient (Wildman–Crippen LogP) is 11.5. The maximum absolute atomic E-state index is 6.55. The number of nitrogens with one attached hydrogen (secondary N) is 2. The number of methoxy groups -OCH3 is 4. The van der Waals surface area contributed by atoms with Crippen molar-refractivity contribution in [3.63, 3.8) is 0 Å². The van der Waals surface area contributed by atoms with Gasteiger partial charge in [-0.3, -0.25) is 0 Å². The topological polar surface area (TPSA) is 168 Å². The Kier molecular flexibility index (Phi) is 21.5. The number of H-pyrrole nitrogens is 2. The van der Waals surface area contributed by atoms with Gasteiger partial charge in [0.25, 0.3) is 0 Å². The molecule has 0 aliphatic carbocycles. The van der Waals surface area contributed by atoms with E-state index in [1.165, 1.54) is 0 Å². The molecule has 2 N–H and O–H groups in total. The van der Waals surface area contributed by atoms with Gasteiger partial charge in [0.05, 0.1) is 102 Å². The molecule has 2 aliphatic heterocycles. The largest absolute Gasteiger partial charge is 0.491 e.